The molecule has 0 radical (unpaired) electrons. The molecule has 0 saturated carbocycles. The second kappa shape index (κ2) is 4.77. The van der Waals surface area contributed by atoms with Crippen LogP contribution in [-0.2, 0) is 0 Å². The van der Waals surface area contributed by atoms with E-state index in [9.17, 15) is 4.39 Å². The summed E-state index contributed by atoms with van der Waals surface area (Å²) in [4.78, 5) is 1.92. The molecular formula is C9H19FN2. The van der Waals surface area contributed by atoms with E-state index in [2.05, 4.69) is 5.32 Å². The normalized spacial score (nSPS) is 23.0. The van der Waals surface area contributed by atoms with Crippen molar-refractivity contribution in [3.8, 4) is 0 Å². The third kappa shape index (κ3) is 3.07. The summed E-state index contributed by atoms with van der Waals surface area (Å²) in [6, 6.07) is 0. The van der Waals surface area contributed by atoms with Crippen LogP contribution in [0.25, 0.3) is 0 Å². The molecule has 12 heavy (non-hydrogen) atoms. The average molecular weight is 174 g/mol. The van der Waals surface area contributed by atoms with Crippen molar-refractivity contribution >= 4 is 0 Å². The maximum atomic E-state index is 13.5. The molecule has 3 heteroatoms. The smallest absolute Gasteiger partial charge is 0.116 e. The first-order valence-electron chi connectivity index (χ1n) is 4.69. The van der Waals surface area contributed by atoms with Crippen molar-refractivity contribution < 1.29 is 4.39 Å². The van der Waals surface area contributed by atoms with Gasteiger partial charge in [0.25, 0.3) is 0 Å². The highest BCUT2D eigenvalue weighted by Gasteiger charge is 2.23. The van der Waals surface area contributed by atoms with Crippen LogP contribution < -0.4 is 5.32 Å². The number of nitrogens with zero attached hydrogens (tertiary/aromatic N) is 1. The molecule has 1 aliphatic rings. The van der Waals surface area contributed by atoms with Crippen molar-refractivity contribution in [1.82, 2.24) is 10.2 Å². The molecule has 1 saturated heterocycles. The third-order valence-electron chi connectivity index (χ3n) is 2.43. The molecule has 72 valence electrons. The summed E-state index contributed by atoms with van der Waals surface area (Å²) in [6.07, 6.45) is 1.35. The molecule has 0 spiro atoms. The van der Waals surface area contributed by atoms with E-state index >= 15 is 0 Å². The summed E-state index contributed by atoms with van der Waals surface area (Å²) < 4.78 is 13.5. The van der Waals surface area contributed by atoms with Crippen LogP contribution in [0.3, 0.4) is 0 Å². The Hall–Kier alpha value is -0.150. The quantitative estimate of drug-likeness (QED) is 0.683. The van der Waals surface area contributed by atoms with Crippen molar-refractivity contribution in [3.63, 3.8) is 0 Å². The summed E-state index contributed by atoms with van der Waals surface area (Å²) >= 11 is 0. The molecule has 1 fully saturated rings. The van der Waals surface area contributed by atoms with E-state index in [0.29, 0.717) is 6.54 Å². The lowest BCUT2D eigenvalue weighted by Crippen LogP contribution is -2.36. The van der Waals surface area contributed by atoms with E-state index in [1.165, 1.54) is 0 Å². The summed E-state index contributed by atoms with van der Waals surface area (Å²) in [5.74, 6) is 0.286. The number of hydrogen-bond donors (Lipinski definition) is 1. The van der Waals surface area contributed by atoms with Gasteiger partial charge in [-0.25, -0.2) is 4.39 Å². The molecule has 0 aromatic carbocycles. The van der Waals surface area contributed by atoms with Gasteiger partial charge in [0.15, 0.2) is 0 Å². The van der Waals surface area contributed by atoms with Crippen molar-refractivity contribution in [2.45, 2.75) is 19.0 Å². The van der Waals surface area contributed by atoms with Crippen molar-refractivity contribution in [2.24, 2.45) is 5.92 Å². The van der Waals surface area contributed by atoms with Gasteiger partial charge in [-0.05, 0) is 45.9 Å². The lowest BCUT2D eigenvalue weighted by atomic mass is 9.93. The molecule has 0 aliphatic carbocycles. The fraction of sp³-hybridized carbons (Fsp3) is 1.00. The van der Waals surface area contributed by atoms with Crippen molar-refractivity contribution in [1.29, 1.82) is 0 Å². The van der Waals surface area contributed by atoms with Crippen molar-refractivity contribution in [2.75, 3.05) is 33.7 Å². The van der Waals surface area contributed by atoms with Gasteiger partial charge in [-0.2, -0.15) is 0 Å². The predicted molar refractivity (Wildman–Crippen MR) is 49.0 cm³/mol. The van der Waals surface area contributed by atoms with Crippen LogP contribution in [-0.4, -0.2) is 44.8 Å². The number of nitrogens with one attached hydrogen (secondary N) is 1. The monoisotopic (exact) mass is 174 g/mol. The first kappa shape index (κ1) is 9.93. The minimum Gasteiger partial charge on any atom is -0.317 e. The molecule has 0 aromatic rings. The Morgan fingerprint density at radius 1 is 1.42 bits per heavy atom. The van der Waals surface area contributed by atoms with Gasteiger partial charge in [-0.3, -0.25) is 0 Å². The zero-order valence-corrected chi connectivity index (χ0v) is 8.02. The standard InChI is InChI=1S/C9H19FN2/c1-12(2)7-9(10)8-3-5-11-6-4-8/h8-9,11H,3-7H2,1-2H3. The Bertz CT molecular complexity index is 122. The first-order valence-corrected chi connectivity index (χ1v) is 4.69. The largest absolute Gasteiger partial charge is 0.317 e. The number of alkyl halides is 1. The van der Waals surface area contributed by atoms with E-state index < -0.39 is 6.17 Å². The molecule has 0 aromatic heterocycles. The summed E-state index contributed by atoms with van der Waals surface area (Å²) in [5, 5.41) is 3.24. The summed E-state index contributed by atoms with van der Waals surface area (Å²) in [7, 11) is 3.85. The highest BCUT2D eigenvalue weighted by Crippen LogP contribution is 2.19. The average Bonchev–Trinajstić information content (AvgIpc) is 2.05. The minimum absolute atomic E-state index is 0.286. The van der Waals surface area contributed by atoms with E-state index in [4.69, 9.17) is 0 Å². The first-order chi connectivity index (χ1) is 5.70. The molecule has 0 amide bonds. The Labute approximate surface area is 74.1 Å². The molecule has 2 nitrogen and oxygen atoms in total. The molecule has 0 bridgehead atoms. The molecule has 1 atom stereocenters. The zero-order valence-electron chi connectivity index (χ0n) is 8.02. The minimum atomic E-state index is -0.637. The Balaban J connectivity index is 2.24. The van der Waals surface area contributed by atoms with Crippen LogP contribution >= 0.6 is 0 Å². The van der Waals surface area contributed by atoms with Gasteiger partial charge in [-0.1, -0.05) is 0 Å². The molecule has 1 heterocycles. The third-order valence-corrected chi connectivity index (χ3v) is 2.43. The van der Waals surface area contributed by atoms with Gasteiger partial charge in [0, 0.05) is 6.54 Å². The second-order valence-electron chi connectivity index (χ2n) is 3.87. The van der Waals surface area contributed by atoms with Crippen LogP contribution in [0.15, 0.2) is 0 Å². The van der Waals surface area contributed by atoms with Crippen LogP contribution in [0.2, 0.25) is 0 Å². The van der Waals surface area contributed by atoms with Gasteiger partial charge >= 0.3 is 0 Å². The number of hydrogen-bond acceptors (Lipinski definition) is 2. The van der Waals surface area contributed by atoms with Crippen LogP contribution in [0.4, 0.5) is 4.39 Å². The van der Waals surface area contributed by atoms with Crippen LogP contribution in [0, 0.1) is 5.92 Å². The SMILES string of the molecule is CN(C)CC(F)C1CCNCC1. The fourth-order valence-electron chi connectivity index (χ4n) is 1.70. The molecule has 1 rings (SSSR count). The molecule has 1 unspecified atom stereocenters. The van der Waals surface area contributed by atoms with E-state index in [-0.39, 0.29) is 5.92 Å². The van der Waals surface area contributed by atoms with Gasteiger partial charge in [0.05, 0.1) is 0 Å². The number of rotatable bonds is 3. The summed E-state index contributed by atoms with van der Waals surface area (Å²) in [6.45, 7) is 2.54. The zero-order chi connectivity index (χ0) is 8.97. The number of piperidine rings is 1. The van der Waals surface area contributed by atoms with E-state index in [1.807, 2.05) is 19.0 Å². The molecule has 1 aliphatic heterocycles. The molecule has 1 N–H and O–H groups in total. The van der Waals surface area contributed by atoms with E-state index in [0.717, 1.165) is 25.9 Å². The summed E-state index contributed by atoms with van der Waals surface area (Å²) in [5.41, 5.74) is 0. The highest BCUT2D eigenvalue weighted by atomic mass is 19.1. The second-order valence-corrected chi connectivity index (χ2v) is 3.87. The predicted octanol–water partition coefficient (Wildman–Crippen LogP) is 0.886. The van der Waals surface area contributed by atoms with Crippen molar-refractivity contribution in [3.05, 3.63) is 0 Å². The van der Waals surface area contributed by atoms with Crippen LogP contribution in [0.1, 0.15) is 12.8 Å². The Morgan fingerprint density at radius 2 is 2.00 bits per heavy atom. The van der Waals surface area contributed by atoms with Gasteiger partial charge in [-0.15, -0.1) is 0 Å². The maximum absolute atomic E-state index is 13.5. The number of halogens is 1. The van der Waals surface area contributed by atoms with E-state index in [1.54, 1.807) is 0 Å². The van der Waals surface area contributed by atoms with Gasteiger partial charge in [0.2, 0.25) is 0 Å². The lowest BCUT2D eigenvalue weighted by molar-refractivity contribution is 0.150. The molecular weight excluding hydrogens is 155 g/mol. The van der Waals surface area contributed by atoms with Gasteiger partial charge < -0.3 is 10.2 Å². The van der Waals surface area contributed by atoms with Gasteiger partial charge in [0.1, 0.15) is 6.17 Å². The maximum Gasteiger partial charge on any atom is 0.116 e. The lowest BCUT2D eigenvalue weighted by Gasteiger charge is -2.27. The fourth-order valence-corrected chi connectivity index (χ4v) is 1.70. The topological polar surface area (TPSA) is 15.3 Å². The Morgan fingerprint density at radius 3 is 2.50 bits per heavy atom. The van der Waals surface area contributed by atoms with Crippen LogP contribution in [0.5, 0.6) is 0 Å². The highest BCUT2D eigenvalue weighted by molar-refractivity contribution is 4.76. The Kier molecular flexibility index (Phi) is 3.95.